The molecule has 5 aromatic rings. The monoisotopic (exact) mass is 594 g/mol. The Hall–Kier alpha value is -4.46. The summed E-state index contributed by atoms with van der Waals surface area (Å²) in [6.07, 6.45) is 1.82. The summed E-state index contributed by atoms with van der Waals surface area (Å²) in [6, 6.07) is 28.3. The Balaban J connectivity index is 1.49. The molecule has 0 amide bonds. The van der Waals surface area contributed by atoms with Crippen LogP contribution in [0.2, 0.25) is 5.02 Å². The fourth-order valence-corrected chi connectivity index (χ4v) is 6.49. The highest BCUT2D eigenvalue weighted by Gasteiger charge is 2.34. The van der Waals surface area contributed by atoms with Gasteiger partial charge in [-0.3, -0.25) is 9.36 Å². The molecular formula is C34H27ClN2O4S. The lowest BCUT2D eigenvalue weighted by Crippen LogP contribution is -2.40. The topological polar surface area (TPSA) is 69.9 Å². The van der Waals surface area contributed by atoms with Crippen molar-refractivity contribution in [3.8, 4) is 5.75 Å². The number of fused-ring (bicyclic) bond motifs is 2. The highest BCUT2D eigenvalue weighted by molar-refractivity contribution is 7.07. The number of aromatic nitrogens is 1. The summed E-state index contributed by atoms with van der Waals surface area (Å²) >= 11 is 7.42. The smallest absolute Gasteiger partial charge is 0.338 e. The number of benzene rings is 4. The van der Waals surface area contributed by atoms with E-state index in [-0.39, 0.29) is 12.2 Å². The Labute approximate surface area is 251 Å². The van der Waals surface area contributed by atoms with Crippen molar-refractivity contribution in [3.05, 3.63) is 144 Å². The Bertz CT molecular complexity index is 2040. The van der Waals surface area contributed by atoms with Crippen LogP contribution in [0.3, 0.4) is 0 Å². The summed E-state index contributed by atoms with van der Waals surface area (Å²) < 4.78 is 13.7. The van der Waals surface area contributed by atoms with Gasteiger partial charge in [0.15, 0.2) is 4.80 Å². The zero-order valence-electron chi connectivity index (χ0n) is 23.0. The fraction of sp³-hybridized carbons (Fsp3) is 0.147. The van der Waals surface area contributed by atoms with Crippen molar-refractivity contribution in [1.29, 1.82) is 0 Å². The summed E-state index contributed by atoms with van der Waals surface area (Å²) in [4.78, 5) is 32.7. The number of halogens is 1. The number of carbonyl (C=O) groups is 1. The minimum absolute atomic E-state index is 0.217. The van der Waals surface area contributed by atoms with Crippen LogP contribution in [0, 0.1) is 0 Å². The third-order valence-corrected chi connectivity index (χ3v) is 8.34. The van der Waals surface area contributed by atoms with E-state index in [2.05, 4.69) is 0 Å². The van der Waals surface area contributed by atoms with Crippen LogP contribution < -0.4 is 19.6 Å². The molecule has 0 spiro atoms. The molecule has 0 unspecified atom stereocenters. The van der Waals surface area contributed by atoms with E-state index in [1.165, 1.54) is 11.3 Å². The quantitative estimate of drug-likeness (QED) is 0.211. The maximum Gasteiger partial charge on any atom is 0.338 e. The van der Waals surface area contributed by atoms with E-state index in [0.29, 0.717) is 38.0 Å². The first-order valence-electron chi connectivity index (χ1n) is 13.6. The number of thiazole rings is 1. The average Bonchev–Trinajstić information content (AvgIpc) is 3.29. The molecule has 210 valence electrons. The molecule has 0 aliphatic carbocycles. The van der Waals surface area contributed by atoms with Gasteiger partial charge in [-0.15, -0.1) is 0 Å². The fourth-order valence-electron chi connectivity index (χ4n) is 5.23. The molecule has 4 aromatic carbocycles. The van der Waals surface area contributed by atoms with Crippen LogP contribution in [-0.4, -0.2) is 17.1 Å². The lowest BCUT2D eigenvalue weighted by molar-refractivity contribution is -0.139. The highest BCUT2D eigenvalue weighted by Crippen LogP contribution is 2.35. The molecule has 0 fully saturated rings. The summed E-state index contributed by atoms with van der Waals surface area (Å²) in [5, 5.41) is 2.61. The lowest BCUT2D eigenvalue weighted by Gasteiger charge is -2.25. The zero-order chi connectivity index (χ0) is 29.2. The molecule has 8 heteroatoms. The second-order valence-corrected chi connectivity index (χ2v) is 11.3. The largest absolute Gasteiger partial charge is 0.488 e. The number of ether oxygens (including phenoxy) is 2. The molecule has 0 saturated carbocycles. The van der Waals surface area contributed by atoms with Crippen LogP contribution in [-0.2, 0) is 16.1 Å². The number of nitrogens with zero attached hydrogens (tertiary/aromatic N) is 2. The molecule has 0 N–H and O–H groups in total. The van der Waals surface area contributed by atoms with Crippen molar-refractivity contribution in [2.24, 2.45) is 4.99 Å². The number of hydrogen-bond acceptors (Lipinski definition) is 6. The first-order valence-corrected chi connectivity index (χ1v) is 14.8. The molecule has 0 radical (unpaired) electrons. The summed E-state index contributed by atoms with van der Waals surface area (Å²) in [5.74, 6) is 0.156. The van der Waals surface area contributed by atoms with E-state index in [4.69, 9.17) is 26.1 Å². The maximum atomic E-state index is 14.2. The van der Waals surface area contributed by atoms with E-state index in [0.717, 1.165) is 27.5 Å². The second-order valence-electron chi connectivity index (χ2n) is 9.83. The number of allylic oxidation sites excluding steroid dienone is 1. The lowest BCUT2D eigenvalue weighted by atomic mass is 9.91. The minimum Gasteiger partial charge on any atom is -0.488 e. The van der Waals surface area contributed by atoms with Crippen molar-refractivity contribution < 1.29 is 14.3 Å². The van der Waals surface area contributed by atoms with Crippen LogP contribution in [0.15, 0.2) is 112 Å². The van der Waals surface area contributed by atoms with Gasteiger partial charge in [-0.2, -0.15) is 0 Å². The molecular weight excluding hydrogens is 568 g/mol. The first-order chi connectivity index (χ1) is 20.4. The molecule has 0 bridgehead atoms. The predicted molar refractivity (Wildman–Crippen MR) is 167 cm³/mol. The molecule has 1 atom stereocenters. The van der Waals surface area contributed by atoms with E-state index >= 15 is 0 Å². The molecule has 1 aromatic heterocycles. The van der Waals surface area contributed by atoms with E-state index in [1.807, 2.05) is 97.1 Å². The van der Waals surface area contributed by atoms with Gasteiger partial charge in [-0.1, -0.05) is 95.7 Å². The van der Waals surface area contributed by atoms with Crippen molar-refractivity contribution >= 4 is 45.8 Å². The number of hydrogen-bond donors (Lipinski definition) is 0. The third-order valence-electron chi connectivity index (χ3n) is 7.12. The minimum atomic E-state index is -0.692. The molecule has 1 aliphatic rings. The number of rotatable bonds is 7. The average molecular weight is 595 g/mol. The molecule has 2 heterocycles. The van der Waals surface area contributed by atoms with Crippen molar-refractivity contribution in [3.63, 3.8) is 0 Å². The molecule has 6 nitrogen and oxygen atoms in total. The number of esters is 1. The van der Waals surface area contributed by atoms with Crippen molar-refractivity contribution in [2.45, 2.75) is 26.5 Å². The van der Waals surface area contributed by atoms with Crippen LogP contribution in [0.1, 0.15) is 36.6 Å². The van der Waals surface area contributed by atoms with Gasteiger partial charge in [-0.05, 0) is 60.0 Å². The zero-order valence-corrected chi connectivity index (χ0v) is 24.6. The Kier molecular flexibility index (Phi) is 7.78. The van der Waals surface area contributed by atoms with Gasteiger partial charge in [0, 0.05) is 10.6 Å². The molecule has 6 rings (SSSR count). The van der Waals surface area contributed by atoms with Crippen molar-refractivity contribution in [2.75, 3.05) is 6.61 Å². The third kappa shape index (κ3) is 5.29. The van der Waals surface area contributed by atoms with Gasteiger partial charge < -0.3 is 9.47 Å². The van der Waals surface area contributed by atoms with Crippen LogP contribution >= 0.6 is 22.9 Å². The molecule has 0 saturated heterocycles. The molecule has 42 heavy (non-hydrogen) atoms. The van der Waals surface area contributed by atoms with Gasteiger partial charge in [0.05, 0.1) is 28.5 Å². The van der Waals surface area contributed by atoms with E-state index in [9.17, 15) is 9.59 Å². The standard InChI is InChI=1S/C34H27ClN2O4S/c1-3-40-33(39)30-21(2)36-34-37(31(30)27-16-9-13-23-11-4-6-15-26(23)27)32(38)29(42-34)19-24-12-5-7-17-28(24)41-20-22-10-8-14-25(35)18-22/h4-19,31H,3,20H2,1-2H3/b29-19+/t31-/m0/s1. The predicted octanol–water partition coefficient (Wildman–Crippen LogP) is 6.18. The Morgan fingerprint density at radius 3 is 2.62 bits per heavy atom. The van der Waals surface area contributed by atoms with Crippen LogP contribution in [0.4, 0.5) is 0 Å². The van der Waals surface area contributed by atoms with Gasteiger partial charge >= 0.3 is 5.97 Å². The maximum absolute atomic E-state index is 14.2. The SMILES string of the molecule is CCOC(=O)C1=C(C)N=c2s/c(=C/c3ccccc3OCc3cccc(Cl)c3)c(=O)n2[C@H]1c1cccc2ccccc12. The summed E-state index contributed by atoms with van der Waals surface area (Å²) in [6.45, 7) is 4.10. The normalized spacial score (nSPS) is 14.9. The summed E-state index contributed by atoms with van der Waals surface area (Å²) in [7, 11) is 0. The van der Waals surface area contributed by atoms with Gasteiger partial charge in [0.1, 0.15) is 12.4 Å². The highest BCUT2D eigenvalue weighted by atomic mass is 35.5. The van der Waals surface area contributed by atoms with E-state index < -0.39 is 12.0 Å². The van der Waals surface area contributed by atoms with E-state index in [1.54, 1.807) is 18.4 Å². The first kappa shape index (κ1) is 27.7. The Morgan fingerprint density at radius 1 is 1.02 bits per heavy atom. The number of para-hydroxylation sites is 1. The van der Waals surface area contributed by atoms with Gasteiger partial charge in [0.25, 0.3) is 5.56 Å². The van der Waals surface area contributed by atoms with Gasteiger partial charge in [0.2, 0.25) is 0 Å². The van der Waals surface area contributed by atoms with Gasteiger partial charge in [-0.25, -0.2) is 9.79 Å². The number of carbonyl (C=O) groups excluding carboxylic acids is 1. The van der Waals surface area contributed by atoms with Crippen molar-refractivity contribution in [1.82, 2.24) is 4.57 Å². The summed E-state index contributed by atoms with van der Waals surface area (Å²) in [5.41, 5.74) is 3.18. The second kappa shape index (κ2) is 11.8. The molecule has 1 aliphatic heterocycles. The van der Waals surface area contributed by atoms with Crippen LogP contribution in [0.5, 0.6) is 5.75 Å². The Morgan fingerprint density at radius 2 is 1.79 bits per heavy atom. The van der Waals surface area contributed by atoms with Crippen LogP contribution in [0.25, 0.3) is 16.8 Å².